The largest absolute Gasteiger partial charge is 0.305 e. The van der Waals surface area contributed by atoms with Crippen molar-refractivity contribution in [3.8, 4) is 25.7 Å². The van der Waals surface area contributed by atoms with Gasteiger partial charge in [0.1, 0.15) is 6.29 Å². The fourth-order valence-electron chi connectivity index (χ4n) is 1.40. The highest BCUT2D eigenvalue weighted by Gasteiger charge is 2.14. The molecule has 0 heterocycles. The highest BCUT2D eigenvalue weighted by atomic mass is 16.1. The van der Waals surface area contributed by atoms with Gasteiger partial charge in [-0.3, -0.25) is 4.90 Å². The molecule has 0 saturated heterocycles. The molecule has 0 bridgehead atoms. The van der Waals surface area contributed by atoms with E-state index in [4.69, 9.17) is 0 Å². The van der Waals surface area contributed by atoms with E-state index in [1.165, 1.54) is 0 Å². The number of carbonyl (C=O) groups excluding carboxylic acids is 1. The van der Waals surface area contributed by atoms with Crippen molar-refractivity contribution in [2.45, 2.75) is 48.5 Å². The van der Waals surface area contributed by atoms with Crippen molar-refractivity contribution in [1.29, 1.82) is 0 Å². The van der Waals surface area contributed by atoms with E-state index in [9.17, 15) is 4.79 Å². The molecule has 0 aliphatic heterocycles. The van der Waals surface area contributed by atoms with Crippen LogP contribution in [0.25, 0.3) is 0 Å². The lowest BCUT2D eigenvalue weighted by atomic mass is 9.95. The van der Waals surface area contributed by atoms with Crippen LogP contribution in [0.1, 0.15) is 48.5 Å². The molecule has 0 aliphatic carbocycles. The average molecular weight is 339 g/mol. The molecule has 0 radical (unpaired) electrons. The highest BCUT2D eigenvalue weighted by Crippen LogP contribution is 2.10. The number of allylic oxidation sites excluding steroid dienone is 1. The lowest BCUT2D eigenvalue weighted by molar-refractivity contribution is -0.111. The number of aldehydes is 1. The Morgan fingerprint density at radius 2 is 1.46 bits per heavy atom. The van der Waals surface area contributed by atoms with Crippen LogP contribution in [0.3, 0.4) is 0 Å². The summed E-state index contributed by atoms with van der Waals surface area (Å²) in [5.74, 6) is 1.13. The maximum Gasteiger partial charge on any atom is 0.127 e. The molecule has 0 spiro atoms. The van der Waals surface area contributed by atoms with Crippen LogP contribution in [0, 0.1) is 43.4 Å². The molecule has 2 unspecified atom stereocenters. The Bertz CT molecular complexity index is 253. The van der Waals surface area contributed by atoms with Gasteiger partial charge in [0, 0.05) is 19.1 Å². The lowest BCUT2D eigenvalue weighted by Crippen LogP contribution is -2.35. The van der Waals surface area contributed by atoms with Crippen molar-refractivity contribution in [1.82, 2.24) is 10.2 Å². The summed E-state index contributed by atoms with van der Waals surface area (Å²) < 4.78 is 0. The number of nitrogens with zero attached hydrogens (tertiary/aromatic N) is 1. The first-order valence-corrected chi connectivity index (χ1v) is 8.52. The Balaban J connectivity index is -0.000000100. The third kappa shape index (κ3) is 37.1. The second-order valence-corrected chi connectivity index (χ2v) is 5.46. The summed E-state index contributed by atoms with van der Waals surface area (Å²) in [7, 11) is 2.05. The molecule has 0 aromatic rings. The number of rotatable bonds is 8. The minimum atomic E-state index is -0.0286. The Kier molecular flexibility index (Phi) is 46.9. The van der Waals surface area contributed by atoms with Gasteiger partial charge in [0.2, 0.25) is 0 Å². The third-order valence-electron chi connectivity index (χ3n) is 2.32. The molecular weight excluding hydrogens is 296 g/mol. The molecule has 0 amide bonds. The van der Waals surface area contributed by atoms with E-state index < -0.39 is 0 Å². The van der Waals surface area contributed by atoms with Crippen LogP contribution < -0.4 is 5.32 Å². The van der Waals surface area contributed by atoms with E-state index in [1.54, 1.807) is 6.08 Å². The molecule has 24 heavy (non-hydrogen) atoms. The minimum absolute atomic E-state index is 0.0286. The SMILES string of the molecule is C#C.C#C.C=CC(C=O)C(C)CN(C)CNCC.CC.CC(C)C. The fraction of sp³-hybridized carbons (Fsp3) is 0.667. The fourth-order valence-corrected chi connectivity index (χ4v) is 1.40. The van der Waals surface area contributed by atoms with Crippen molar-refractivity contribution < 1.29 is 4.79 Å². The summed E-state index contributed by atoms with van der Waals surface area (Å²) in [6.45, 7) is 21.0. The van der Waals surface area contributed by atoms with E-state index in [2.05, 4.69) is 77.1 Å². The van der Waals surface area contributed by atoms with Gasteiger partial charge in [-0.15, -0.1) is 32.3 Å². The van der Waals surface area contributed by atoms with E-state index in [0.29, 0.717) is 5.92 Å². The van der Waals surface area contributed by atoms with Crippen LogP contribution in [0.4, 0.5) is 0 Å². The number of hydrogen-bond donors (Lipinski definition) is 1. The molecule has 0 aromatic carbocycles. The Morgan fingerprint density at radius 1 is 1.08 bits per heavy atom. The summed E-state index contributed by atoms with van der Waals surface area (Å²) in [5.41, 5.74) is 0. The Morgan fingerprint density at radius 3 is 1.71 bits per heavy atom. The monoisotopic (exact) mass is 338 g/mol. The van der Waals surface area contributed by atoms with Crippen LogP contribution >= 0.6 is 0 Å². The first kappa shape index (κ1) is 33.9. The van der Waals surface area contributed by atoms with E-state index >= 15 is 0 Å². The molecule has 0 aliphatic rings. The molecule has 2 atom stereocenters. The molecule has 0 aromatic heterocycles. The van der Waals surface area contributed by atoms with Crippen molar-refractivity contribution in [2.24, 2.45) is 17.8 Å². The smallest absolute Gasteiger partial charge is 0.127 e. The summed E-state index contributed by atoms with van der Waals surface area (Å²) in [6.07, 6.45) is 18.7. The minimum Gasteiger partial charge on any atom is -0.305 e. The number of terminal acetylenes is 2. The first-order valence-electron chi connectivity index (χ1n) is 8.52. The number of nitrogens with one attached hydrogen (secondary N) is 1. The van der Waals surface area contributed by atoms with Gasteiger partial charge in [-0.1, -0.05) is 54.5 Å². The zero-order chi connectivity index (χ0) is 20.6. The summed E-state index contributed by atoms with van der Waals surface area (Å²) in [5, 5.41) is 3.24. The van der Waals surface area contributed by atoms with Gasteiger partial charge in [-0.25, -0.2) is 0 Å². The highest BCUT2D eigenvalue weighted by molar-refractivity contribution is 5.56. The predicted octanol–water partition coefficient (Wildman–Crippen LogP) is 4.31. The molecule has 0 saturated carbocycles. The topological polar surface area (TPSA) is 32.3 Å². The average Bonchev–Trinajstić information content (AvgIpc) is 2.59. The molecule has 3 nitrogen and oxygen atoms in total. The lowest BCUT2D eigenvalue weighted by Gasteiger charge is -2.23. The van der Waals surface area contributed by atoms with Gasteiger partial charge in [0.25, 0.3) is 0 Å². The molecule has 3 heteroatoms. The Labute approximate surface area is 153 Å². The summed E-state index contributed by atoms with van der Waals surface area (Å²) >= 11 is 0. The van der Waals surface area contributed by atoms with Gasteiger partial charge in [-0.05, 0) is 25.4 Å². The number of hydrogen-bond acceptors (Lipinski definition) is 3. The summed E-state index contributed by atoms with van der Waals surface area (Å²) in [4.78, 5) is 12.8. The van der Waals surface area contributed by atoms with Crippen molar-refractivity contribution in [3.63, 3.8) is 0 Å². The van der Waals surface area contributed by atoms with Gasteiger partial charge < -0.3 is 10.1 Å². The molecule has 1 N–H and O–H groups in total. The predicted molar refractivity (Wildman–Crippen MR) is 112 cm³/mol. The van der Waals surface area contributed by atoms with Gasteiger partial charge in [0.05, 0.1) is 0 Å². The van der Waals surface area contributed by atoms with Crippen molar-refractivity contribution in [2.75, 3.05) is 26.8 Å². The zero-order valence-electron chi connectivity index (χ0n) is 17.4. The van der Waals surface area contributed by atoms with E-state index in [1.807, 2.05) is 20.9 Å². The molecular formula is C21H42N2O. The van der Waals surface area contributed by atoms with Crippen LogP contribution in [0.15, 0.2) is 12.7 Å². The zero-order valence-corrected chi connectivity index (χ0v) is 17.4. The normalized spacial score (nSPS) is 10.8. The van der Waals surface area contributed by atoms with Crippen LogP contribution in [0.2, 0.25) is 0 Å². The molecule has 142 valence electrons. The van der Waals surface area contributed by atoms with E-state index in [-0.39, 0.29) is 5.92 Å². The van der Waals surface area contributed by atoms with Gasteiger partial charge in [0.15, 0.2) is 0 Å². The molecule has 0 fully saturated rings. The second-order valence-electron chi connectivity index (χ2n) is 5.46. The standard InChI is InChI=1S/C11H22N2O.C4H10.C2H6.2C2H2/c1-5-11(8-14)10(3)7-13(4)9-12-6-2;1-4(2)3;3*1-2/h5,8,10-12H,1,6-7,9H2,2-4H3;4H,1-3H3;1-2H3;2*1-2H. The van der Waals surface area contributed by atoms with E-state index in [0.717, 1.165) is 32.0 Å². The van der Waals surface area contributed by atoms with Crippen LogP contribution in [-0.2, 0) is 4.79 Å². The van der Waals surface area contributed by atoms with Gasteiger partial charge >= 0.3 is 0 Å². The maximum atomic E-state index is 10.7. The van der Waals surface area contributed by atoms with Crippen LogP contribution in [0.5, 0.6) is 0 Å². The molecule has 0 rings (SSSR count). The Hall–Kier alpha value is -1.55. The first-order chi connectivity index (χ1) is 11.4. The van der Waals surface area contributed by atoms with Crippen LogP contribution in [-0.4, -0.2) is 38.0 Å². The second kappa shape index (κ2) is 33.1. The number of carbonyl (C=O) groups is 1. The van der Waals surface area contributed by atoms with Crippen molar-refractivity contribution in [3.05, 3.63) is 12.7 Å². The maximum absolute atomic E-state index is 10.7. The summed E-state index contributed by atoms with van der Waals surface area (Å²) in [6, 6.07) is 0. The quantitative estimate of drug-likeness (QED) is 0.310. The third-order valence-corrected chi connectivity index (χ3v) is 2.32. The van der Waals surface area contributed by atoms with Crippen molar-refractivity contribution >= 4 is 6.29 Å². The van der Waals surface area contributed by atoms with Gasteiger partial charge in [-0.2, -0.15) is 0 Å².